The van der Waals surface area contributed by atoms with Crippen molar-refractivity contribution in [2.24, 2.45) is 0 Å². The molecule has 1 N–H and O–H groups in total. The molecule has 0 spiro atoms. The Morgan fingerprint density at radius 2 is 1.93 bits per heavy atom. The second-order valence-corrected chi connectivity index (χ2v) is 6.10. The van der Waals surface area contributed by atoms with Crippen LogP contribution in [0.5, 0.6) is 5.75 Å². The van der Waals surface area contributed by atoms with Crippen LogP contribution < -0.4 is 10.1 Å². The van der Waals surface area contributed by atoms with Gasteiger partial charge < -0.3 is 14.6 Å². The monoisotopic (exact) mass is 373 g/mol. The highest BCUT2D eigenvalue weighted by Crippen LogP contribution is 2.22. The number of anilines is 1. The standard InChI is InChI=1S/C19H17F2N3O3/c1-11(2)18-23-19(27-24-18)12-3-6-14(7-4-12)26-10-17(25)22-16-9-13(20)5-8-15(16)21/h3-9,11H,10H2,1-2H3,(H,22,25). The molecule has 1 amide bonds. The Bertz CT molecular complexity index is 940. The molecule has 0 atom stereocenters. The zero-order chi connectivity index (χ0) is 19.4. The van der Waals surface area contributed by atoms with Gasteiger partial charge in [0.15, 0.2) is 12.4 Å². The minimum absolute atomic E-state index is 0.159. The molecule has 3 aromatic rings. The van der Waals surface area contributed by atoms with E-state index in [4.69, 9.17) is 9.26 Å². The number of rotatable bonds is 6. The predicted molar refractivity (Wildman–Crippen MR) is 94.3 cm³/mol. The molecule has 140 valence electrons. The van der Waals surface area contributed by atoms with Crippen LogP contribution in [-0.2, 0) is 4.79 Å². The Kier molecular flexibility index (Phi) is 5.44. The van der Waals surface area contributed by atoms with Crippen molar-refractivity contribution in [1.82, 2.24) is 10.1 Å². The van der Waals surface area contributed by atoms with Gasteiger partial charge in [-0.1, -0.05) is 19.0 Å². The van der Waals surface area contributed by atoms with Crippen LogP contribution >= 0.6 is 0 Å². The van der Waals surface area contributed by atoms with Crippen molar-refractivity contribution < 1.29 is 22.8 Å². The molecule has 0 fully saturated rings. The molecule has 0 aliphatic carbocycles. The molecule has 0 radical (unpaired) electrons. The molecule has 0 aliphatic rings. The molecule has 27 heavy (non-hydrogen) atoms. The summed E-state index contributed by atoms with van der Waals surface area (Å²) in [4.78, 5) is 16.1. The van der Waals surface area contributed by atoms with Gasteiger partial charge in [-0.25, -0.2) is 8.78 Å². The fraction of sp³-hybridized carbons (Fsp3) is 0.211. The molecule has 2 aromatic carbocycles. The maximum absolute atomic E-state index is 13.5. The van der Waals surface area contributed by atoms with Gasteiger partial charge in [-0.2, -0.15) is 4.98 Å². The first-order chi connectivity index (χ1) is 12.9. The van der Waals surface area contributed by atoms with Crippen LogP contribution in [0.2, 0.25) is 0 Å². The van der Waals surface area contributed by atoms with Gasteiger partial charge in [0.1, 0.15) is 17.4 Å². The molecule has 3 rings (SSSR count). The highest BCUT2D eigenvalue weighted by molar-refractivity contribution is 5.92. The minimum Gasteiger partial charge on any atom is -0.484 e. The van der Waals surface area contributed by atoms with E-state index < -0.39 is 17.5 Å². The van der Waals surface area contributed by atoms with E-state index in [0.717, 1.165) is 18.2 Å². The van der Waals surface area contributed by atoms with Gasteiger partial charge in [0.05, 0.1) is 5.69 Å². The smallest absolute Gasteiger partial charge is 0.262 e. The molecule has 0 bridgehead atoms. The number of amides is 1. The minimum atomic E-state index is -0.727. The third-order valence-corrected chi connectivity index (χ3v) is 3.63. The van der Waals surface area contributed by atoms with Crippen LogP contribution in [0.3, 0.4) is 0 Å². The summed E-state index contributed by atoms with van der Waals surface area (Å²) in [6.45, 7) is 3.58. The van der Waals surface area contributed by atoms with Crippen LogP contribution in [0, 0.1) is 11.6 Å². The highest BCUT2D eigenvalue weighted by Gasteiger charge is 2.12. The zero-order valence-corrected chi connectivity index (χ0v) is 14.7. The fourth-order valence-electron chi connectivity index (χ4n) is 2.21. The van der Waals surface area contributed by atoms with E-state index in [0.29, 0.717) is 23.0 Å². The lowest BCUT2D eigenvalue weighted by atomic mass is 10.2. The lowest BCUT2D eigenvalue weighted by Crippen LogP contribution is -2.20. The van der Waals surface area contributed by atoms with Gasteiger partial charge >= 0.3 is 0 Å². The Balaban J connectivity index is 1.58. The summed E-state index contributed by atoms with van der Waals surface area (Å²) in [6, 6.07) is 9.53. The van der Waals surface area contributed by atoms with Gasteiger partial charge in [-0.05, 0) is 36.4 Å². The average Bonchev–Trinajstić information content (AvgIpc) is 3.14. The Morgan fingerprint density at radius 3 is 2.59 bits per heavy atom. The normalized spacial score (nSPS) is 10.9. The number of hydrogen-bond acceptors (Lipinski definition) is 5. The molecular weight excluding hydrogens is 356 g/mol. The van der Waals surface area contributed by atoms with E-state index in [1.165, 1.54) is 0 Å². The first-order valence-corrected chi connectivity index (χ1v) is 8.24. The maximum Gasteiger partial charge on any atom is 0.262 e. The van der Waals surface area contributed by atoms with Crippen molar-refractivity contribution in [1.29, 1.82) is 0 Å². The number of carbonyl (C=O) groups is 1. The van der Waals surface area contributed by atoms with Crippen LogP contribution in [0.4, 0.5) is 14.5 Å². The number of nitrogens with one attached hydrogen (secondary N) is 1. The SMILES string of the molecule is CC(C)c1noc(-c2ccc(OCC(=O)Nc3cc(F)ccc3F)cc2)n1. The third-order valence-electron chi connectivity index (χ3n) is 3.63. The van der Waals surface area contributed by atoms with Crippen LogP contribution in [0.25, 0.3) is 11.5 Å². The Labute approximate surface area is 154 Å². The van der Waals surface area contributed by atoms with E-state index in [-0.39, 0.29) is 18.2 Å². The third kappa shape index (κ3) is 4.66. The van der Waals surface area contributed by atoms with Gasteiger partial charge in [-0.15, -0.1) is 0 Å². The molecule has 0 saturated carbocycles. The maximum atomic E-state index is 13.5. The van der Waals surface area contributed by atoms with Gasteiger partial charge in [0.25, 0.3) is 11.8 Å². The van der Waals surface area contributed by atoms with Gasteiger partial charge in [0.2, 0.25) is 0 Å². The summed E-state index contributed by atoms with van der Waals surface area (Å²) in [5, 5.41) is 6.16. The van der Waals surface area contributed by atoms with Crippen molar-refractivity contribution >= 4 is 11.6 Å². The number of halogens is 2. The molecule has 1 aromatic heterocycles. The molecule has 6 nitrogen and oxygen atoms in total. The summed E-state index contributed by atoms with van der Waals surface area (Å²) >= 11 is 0. The number of aromatic nitrogens is 2. The molecule has 8 heteroatoms. The summed E-state index contributed by atoms with van der Waals surface area (Å²) in [6.07, 6.45) is 0. The first kappa shape index (κ1) is 18.5. The second kappa shape index (κ2) is 7.94. The predicted octanol–water partition coefficient (Wildman–Crippen LogP) is 4.16. The van der Waals surface area contributed by atoms with Crippen LogP contribution in [-0.4, -0.2) is 22.7 Å². The first-order valence-electron chi connectivity index (χ1n) is 8.24. The highest BCUT2D eigenvalue weighted by atomic mass is 19.1. The molecule has 1 heterocycles. The van der Waals surface area contributed by atoms with Gasteiger partial charge in [-0.3, -0.25) is 4.79 Å². The fourth-order valence-corrected chi connectivity index (χ4v) is 2.21. The summed E-state index contributed by atoms with van der Waals surface area (Å²) in [5.74, 6) is -0.388. The number of hydrogen-bond donors (Lipinski definition) is 1. The molecule has 0 unspecified atom stereocenters. The molecular formula is C19H17F2N3O3. The van der Waals surface area contributed by atoms with Crippen LogP contribution in [0.1, 0.15) is 25.6 Å². The van der Waals surface area contributed by atoms with E-state index in [9.17, 15) is 13.6 Å². The topological polar surface area (TPSA) is 77.2 Å². The van der Waals surface area contributed by atoms with E-state index in [1.54, 1.807) is 24.3 Å². The molecule has 0 aliphatic heterocycles. The van der Waals surface area contributed by atoms with Crippen molar-refractivity contribution in [3.8, 4) is 17.2 Å². The summed E-state index contributed by atoms with van der Waals surface area (Å²) in [7, 11) is 0. The Hall–Kier alpha value is -3.29. The summed E-state index contributed by atoms with van der Waals surface area (Å²) in [5.41, 5.74) is 0.476. The number of carbonyl (C=O) groups excluding carboxylic acids is 1. The van der Waals surface area contributed by atoms with Gasteiger partial charge in [0, 0.05) is 17.5 Å². The number of benzene rings is 2. The van der Waals surface area contributed by atoms with E-state index in [1.807, 2.05) is 13.8 Å². The van der Waals surface area contributed by atoms with E-state index >= 15 is 0 Å². The lowest BCUT2D eigenvalue weighted by molar-refractivity contribution is -0.118. The Morgan fingerprint density at radius 1 is 1.19 bits per heavy atom. The second-order valence-electron chi connectivity index (χ2n) is 6.10. The quantitative estimate of drug-likeness (QED) is 0.702. The zero-order valence-electron chi connectivity index (χ0n) is 14.7. The average molecular weight is 373 g/mol. The van der Waals surface area contributed by atoms with Crippen molar-refractivity contribution in [2.45, 2.75) is 19.8 Å². The number of nitrogens with zero attached hydrogens (tertiary/aromatic N) is 2. The summed E-state index contributed by atoms with van der Waals surface area (Å²) < 4.78 is 37.2. The lowest BCUT2D eigenvalue weighted by Gasteiger charge is -2.08. The van der Waals surface area contributed by atoms with Crippen molar-refractivity contribution in [2.75, 3.05) is 11.9 Å². The number of ether oxygens (including phenoxy) is 1. The van der Waals surface area contributed by atoms with Crippen molar-refractivity contribution in [3.05, 3.63) is 59.9 Å². The largest absolute Gasteiger partial charge is 0.484 e. The van der Waals surface area contributed by atoms with Crippen LogP contribution in [0.15, 0.2) is 47.0 Å². The van der Waals surface area contributed by atoms with E-state index in [2.05, 4.69) is 15.5 Å². The molecule has 0 saturated heterocycles. The van der Waals surface area contributed by atoms with Crippen molar-refractivity contribution in [3.63, 3.8) is 0 Å².